The fraction of sp³-hybridized carbons (Fsp3) is 0.417. The van der Waals surface area contributed by atoms with Crippen molar-refractivity contribution in [3.63, 3.8) is 0 Å². The zero-order chi connectivity index (χ0) is 12.5. The smallest absolute Gasteiger partial charge is 0.296 e. The number of aliphatic hydroxyl groups is 1. The lowest BCUT2D eigenvalue weighted by atomic mass is 10.0. The second kappa shape index (κ2) is 4.25. The van der Waals surface area contributed by atoms with E-state index in [0.29, 0.717) is 22.8 Å². The Kier molecular flexibility index (Phi) is 2.93. The van der Waals surface area contributed by atoms with Crippen LogP contribution in [0.25, 0.3) is 11.1 Å². The van der Waals surface area contributed by atoms with Crippen molar-refractivity contribution in [2.45, 2.75) is 25.8 Å². The first kappa shape index (κ1) is 11.7. The Bertz CT molecular complexity index is 517. The predicted molar refractivity (Wildman–Crippen MR) is 67.8 cm³/mol. The fourth-order valence-corrected chi connectivity index (χ4v) is 1.50. The molecule has 0 spiro atoms. The molecule has 0 aliphatic rings. The van der Waals surface area contributed by atoms with Gasteiger partial charge in [0.25, 0.3) is 6.01 Å². The van der Waals surface area contributed by atoms with Crippen LogP contribution in [0.4, 0.5) is 11.7 Å². The maximum atomic E-state index is 9.31. The lowest BCUT2D eigenvalue weighted by Gasteiger charge is -2.25. The van der Waals surface area contributed by atoms with Crippen molar-refractivity contribution in [2.75, 3.05) is 17.7 Å². The number of hydrogen-bond acceptors (Lipinski definition) is 5. The highest BCUT2D eigenvalue weighted by atomic mass is 16.4. The molecule has 5 heteroatoms. The van der Waals surface area contributed by atoms with Gasteiger partial charge in [-0.3, -0.25) is 0 Å². The predicted octanol–water partition coefficient (Wildman–Crippen LogP) is 1.98. The highest BCUT2D eigenvalue weighted by Gasteiger charge is 2.22. The normalized spacial score (nSPS) is 14.8. The number of hydrogen-bond donors (Lipinski definition) is 3. The summed E-state index contributed by atoms with van der Waals surface area (Å²) in [4.78, 5) is 4.29. The topological polar surface area (TPSA) is 84.3 Å². The molecule has 1 aromatic carbocycles. The van der Waals surface area contributed by atoms with Gasteiger partial charge in [-0.1, -0.05) is 6.92 Å². The van der Waals surface area contributed by atoms with E-state index in [1.807, 2.05) is 13.8 Å². The van der Waals surface area contributed by atoms with Gasteiger partial charge in [0.05, 0.1) is 12.1 Å². The lowest BCUT2D eigenvalue weighted by Crippen LogP contribution is -2.38. The molecular weight excluding hydrogens is 218 g/mol. The van der Waals surface area contributed by atoms with E-state index in [0.717, 1.165) is 6.42 Å². The van der Waals surface area contributed by atoms with Crippen molar-refractivity contribution in [1.29, 1.82) is 0 Å². The standard InChI is InChI=1S/C12H17N3O2/c1-3-12(2,7-16)15-11-14-9-6-8(13)4-5-10(9)17-11/h4-6,16H,3,7,13H2,1-2H3,(H,14,15). The summed E-state index contributed by atoms with van der Waals surface area (Å²) < 4.78 is 5.53. The summed E-state index contributed by atoms with van der Waals surface area (Å²) >= 11 is 0. The molecule has 92 valence electrons. The highest BCUT2D eigenvalue weighted by molar-refractivity contribution is 5.78. The molecule has 0 radical (unpaired) electrons. The number of anilines is 2. The second-order valence-corrected chi connectivity index (χ2v) is 4.44. The van der Waals surface area contributed by atoms with Crippen LogP contribution in [-0.4, -0.2) is 22.2 Å². The van der Waals surface area contributed by atoms with Gasteiger partial charge in [-0.15, -0.1) is 0 Å². The molecule has 2 aromatic rings. The van der Waals surface area contributed by atoms with Crippen molar-refractivity contribution in [1.82, 2.24) is 4.98 Å². The number of nitrogens with one attached hydrogen (secondary N) is 1. The SMILES string of the molecule is CCC(C)(CO)Nc1nc2cc(N)ccc2o1. The van der Waals surface area contributed by atoms with Gasteiger partial charge in [-0.05, 0) is 31.5 Å². The largest absolute Gasteiger partial charge is 0.424 e. The van der Waals surface area contributed by atoms with Gasteiger partial charge in [0.1, 0.15) is 5.52 Å². The van der Waals surface area contributed by atoms with Crippen LogP contribution in [0.2, 0.25) is 0 Å². The molecule has 1 heterocycles. The molecule has 0 aliphatic heterocycles. The number of rotatable bonds is 4. The van der Waals surface area contributed by atoms with Crippen molar-refractivity contribution < 1.29 is 9.52 Å². The van der Waals surface area contributed by atoms with E-state index in [-0.39, 0.29) is 6.61 Å². The molecule has 0 amide bonds. The van der Waals surface area contributed by atoms with Gasteiger partial charge in [-0.25, -0.2) is 0 Å². The van der Waals surface area contributed by atoms with Gasteiger partial charge in [0, 0.05) is 5.69 Å². The average molecular weight is 235 g/mol. The molecule has 1 aromatic heterocycles. The van der Waals surface area contributed by atoms with Crippen LogP contribution in [0.3, 0.4) is 0 Å². The van der Waals surface area contributed by atoms with Crippen LogP contribution in [0.15, 0.2) is 22.6 Å². The van der Waals surface area contributed by atoms with Crippen LogP contribution in [0.1, 0.15) is 20.3 Å². The van der Waals surface area contributed by atoms with Gasteiger partial charge in [-0.2, -0.15) is 4.98 Å². The van der Waals surface area contributed by atoms with Crippen molar-refractivity contribution in [2.24, 2.45) is 0 Å². The number of oxazole rings is 1. The molecule has 0 fully saturated rings. The van der Waals surface area contributed by atoms with E-state index in [9.17, 15) is 5.11 Å². The van der Waals surface area contributed by atoms with Gasteiger partial charge in [0.2, 0.25) is 0 Å². The summed E-state index contributed by atoms with van der Waals surface area (Å²) in [6, 6.07) is 5.71. The number of nitrogen functional groups attached to an aromatic ring is 1. The second-order valence-electron chi connectivity index (χ2n) is 4.44. The maximum Gasteiger partial charge on any atom is 0.296 e. The van der Waals surface area contributed by atoms with Gasteiger partial charge < -0.3 is 20.6 Å². The van der Waals surface area contributed by atoms with Crippen LogP contribution in [0, 0.1) is 0 Å². The first-order valence-electron chi connectivity index (χ1n) is 5.61. The summed E-state index contributed by atoms with van der Waals surface area (Å²) in [6.07, 6.45) is 0.768. The van der Waals surface area contributed by atoms with Crippen molar-refractivity contribution in [3.05, 3.63) is 18.2 Å². The number of aliphatic hydroxyl groups excluding tert-OH is 1. The molecule has 5 nitrogen and oxygen atoms in total. The molecule has 1 atom stereocenters. The Morgan fingerprint density at radius 2 is 2.29 bits per heavy atom. The Labute approximate surface area is 99.6 Å². The van der Waals surface area contributed by atoms with Crippen LogP contribution in [0.5, 0.6) is 0 Å². The average Bonchev–Trinajstić information content (AvgIpc) is 2.70. The van der Waals surface area contributed by atoms with Crippen LogP contribution in [-0.2, 0) is 0 Å². The zero-order valence-corrected chi connectivity index (χ0v) is 10.0. The maximum absolute atomic E-state index is 9.31. The van der Waals surface area contributed by atoms with Gasteiger partial charge in [0.15, 0.2) is 5.58 Å². The van der Waals surface area contributed by atoms with E-state index in [1.54, 1.807) is 18.2 Å². The fourth-order valence-electron chi connectivity index (χ4n) is 1.50. The third-order valence-corrected chi connectivity index (χ3v) is 2.95. The van der Waals surface area contributed by atoms with E-state index in [2.05, 4.69) is 10.3 Å². The van der Waals surface area contributed by atoms with Crippen molar-refractivity contribution >= 4 is 22.8 Å². The first-order chi connectivity index (χ1) is 8.06. The number of nitrogens with two attached hydrogens (primary N) is 1. The number of nitrogens with zero attached hydrogens (tertiary/aromatic N) is 1. The molecule has 17 heavy (non-hydrogen) atoms. The van der Waals surface area contributed by atoms with Crippen LogP contribution >= 0.6 is 0 Å². The zero-order valence-electron chi connectivity index (χ0n) is 10.0. The quantitative estimate of drug-likeness (QED) is 0.706. The summed E-state index contributed by atoms with van der Waals surface area (Å²) in [5.41, 5.74) is 7.29. The van der Waals surface area contributed by atoms with E-state index in [4.69, 9.17) is 10.2 Å². The van der Waals surface area contributed by atoms with E-state index in [1.165, 1.54) is 0 Å². The summed E-state index contributed by atoms with van der Waals surface area (Å²) in [6.45, 7) is 3.92. The van der Waals surface area contributed by atoms with Gasteiger partial charge >= 0.3 is 0 Å². The Hall–Kier alpha value is -1.75. The number of aromatic nitrogens is 1. The third kappa shape index (κ3) is 2.34. The summed E-state index contributed by atoms with van der Waals surface area (Å²) in [7, 11) is 0. The van der Waals surface area contributed by atoms with E-state index < -0.39 is 5.54 Å². The molecule has 0 bridgehead atoms. The van der Waals surface area contributed by atoms with E-state index >= 15 is 0 Å². The minimum absolute atomic E-state index is 0.0182. The molecule has 1 unspecified atom stereocenters. The number of fused-ring (bicyclic) bond motifs is 1. The highest BCUT2D eigenvalue weighted by Crippen LogP contribution is 2.24. The summed E-state index contributed by atoms with van der Waals surface area (Å²) in [5, 5.41) is 12.4. The van der Waals surface area contributed by atoms with Crippen molar-refractivity contribution in [3.8, 4) is 0 Å². The van der Waals surface area contributed by atoms with Crippen LogP contribution < -0.4 is 11.1 Å². The third-order valence-electron chi connectivity index (χ3n) is 2.95. The molecular formula is C12H17N3O2. The first-order valence-corrected chi connectivity index (χ1v) is 5.61. The molecule has 4 N–H and O–H groups in total. The molecule has 0 aliphatic carbocycles. The summed E-state index contributed by atoms with van der Waals surface area (Å²) in [5.74, 6) is 0. The Balaban J connectivity index is 2.31. The Morgan fingerprint density at radius 1 is 1.53 bits per heavy atom. The molecule has 2 rings (SSSR count). The minimum atomic E-state index is -0.424. The minimum Gasteiger partial charge on any atom is -0.424 e. The molecule has 0 saturated carbocycles. The monoisotopic (exact) mass is 235 g/mol. The number of benzene rings is 1. The lowest BCUT2D eigenvalue weighted by molar-refractivity contribution is 0.216. The Morgan fingerprint density at radius 3 is 2.94 bits per heavy atom. The molecule has 0 saturated heterocycles.